The van der Waals surface area contributed by atoms with Gasteiger partial charge in [-0.25, -0.2) is 4.99 Å². The van der Waals surface area contributed by atoms with Gasteiger partial charge in [0, 0.05) is 0 Å². The highest BCUT2D eigenvalue weighted by Gasteiger charge is 1.90. The van der Waals surface area contributed by atoms with Gasteiger partial charge in [0.1, 0.15) is 0 Å². The van der Waals surface area contributed by atoms with E-state index in [1.54, 1.807) is 0 Å². The fourth-order valence-corrected chi connectivity index (χ4v) is 0.923. The van der Waals surface area contributed by atoms with Crippen molar-refractivity contribution in [3.8, 4) is 0 Å². The highest BCUT2D eigenvalue weighted by atomic mass is 35.5. The van der Waals surface area contributed by atoms with E-state index in [0.717, 1.165) is 5.56 Å². The predicted octanol–water partition coefficient (Wildman–Crippen LogP) is 0.618. The third-order valence-electron chi connectivity index (χ3n) is 1.51. The van der Waals surface area contributed by atoms with Crippen LogP contribution in [0.25, 0.3) is 0 Å². The number of benzene rings is 1. The fourth-order valence-electron chi connectivity index (χ4n) is 0.923. The lowest BCUT2D eigenvalue weighted by molar-refractivity contribution is 1.05. The van der Waals surface area contributed by atoms with Crippen molar-refractivity contribution in [3.63, 3.8) is 0 Å². The van der Waals surface area contributed by atoms with Crippen molar-refractivity contribution in [1.82, 2.24) is 0 Å². The molecule has 5 nitrogen and oxygen atoms in total. The van der Waals surface area contributed by atoms with E-state index in [2.05, 4.69) is 9.98 Å². The van der Waals surface area contributed by atoms with Gasteiger partial charge in [-0.15, -0.1) is 24.8 Å². The Bertz CT molecular complexity index is 346. The predicted molar refractivity (Wildman–Crippen MR) is 72.1 cm³/mol. The highest BCUT2D eigenvalue weighted by Crippen LogP contribution is 1.99. The third-order valence-corrected chi connectivity index (χ3v) is 1.51. The van der Waals surface area contributed by atoms with E-state index in [9.17, 15) is 0 Å². The molecule has 0 heterocycles. The summed E-state index contributed by atoms with van der Waals surface area (Å²) in [5.41, 5.74) is 16.7. The number of guanidine groups is 2. The Balaban J connectivity index is 0. The first-order chi connectivity index (χ1) is 6.68. The summed E-state index contributed by atoms with van der Waals surface area (Å²) in [5, 5.41) is 0. The second kappa shape index (κ2) is 8.82. The molecule has 0 spiro atoms. The van der Waals surface area contributed by atoms with Crippen LogP contribution in [0.15, 0.2) is 40.3 Å². The first-order valence-electron chi connectivity index (χ1n) is 4.12. The summed E-state index contributed by atoms with van der Waals surface area (Å²) in [6, 6.07) is 9.70. The molecule has 90 valence electrons. The van der Waals surface area contributed by atoms with Crippen molar-refractivity contribution in [2.45, 2.75) is 6.54 Å². The van der Waals surface area contributed by atoms with E-state index in [1.165, 1.54) is 0 Å². The van der Waals surface area contributed by atoms with Gasteiger partial charge in [-0.3, -0.25) is 0 Å². The van der Waals surface area contributed by atoms with Crippen LogP contribution in [0, 0.1) is 0 Å². The van der Waals surface area contributed by atoms with Gasteiger partial charge in [0.2, 0.25) is 5.96 Å². The van der Waals surface area contributed by atoms with Gasteiger partial charge >= 0.3 is 0 Å². The molecule has 0 atom stereocenters. The molecular formula is C9H15Cl2N5. The summed E-state index contributed by atoms with van der Waals surface area (Å²) in [7, 11) is 0. The number of nitrogens with two attached hydrogens (primary N) is 3. The topological polar surface area (TPSA) is 103 Å². The molecular weight excluding hydrogens is 249 g/mol. The third kappa shape index (κ3) is 6.92. The van der Waals surface area contributed by atoms with Crippen molar-refractivity contribution in [3.05, 3.63) is 35.9 Å². The van der Waals surface area contributed by atoms with Gasteiger partial charge in [0.05, 0.1) is 6.54 Å². The molecule has 0 aliphatic rings. The Morgan fingerprint density at radius 1 is 1.00 bits per heavy atom. The zero-order valence-corrected chi connectivity index (χ0v) is 10.2. The minimum atomic E-state index is -0.0840. The summed E-state index contributed by atoms with van der Waals surface area (Å²) in [5.74, 6) is 0.00756. The number of nitrogens with zero attached hydrogens (tertiary/aromatic N) is 2. The normalized spacial score (nSPS) is 9.62. The zero-order valence-electron chi connectivity index (χ0n) is 8.54. The molecule has 0 aliphatic heterocycles. The molecule has 0 amide bonds. The largest absolute Gasteiger partial charge is 0.370 e. The zero-order chi connectivity index (χ0) is 10.4. The molecule has 0 bridgehead atoms. The molecule has 1 aromatic rings. The average molecular weight is 264 g/mol. The van der Waals surface area contributed by atoms with Crippen LogP contribution in [0.3, 0.4) is 0 Å². The number of hydrogen-bond acceptors (Lipinski definition) is 1. The van der Waals surface area contributed by atoms with Gasteiger partial charge in [-0.2, -0.15) is 4.99 Å². The Kier molecular flexibility index (Phi) is 9.34. The number of hydrogen-bond donors (Lipinski definition) is 3. The quantitative estimate of drug-likeness (QED) is 0.538. The van der Waals surface area contributed by atoms with E-state index in [0.29, 0.717) is 6.54 Å². The number of aliphatic imine (C=N–C) groups is 2. The minimum Gasteiger partial charge on any atom is -0.370 e. The molecule has 0 aliphatic carbocycles. The molecule has 0 fully saturated rings. The second-order valence-electron chi connectivity index (χ2n) is 2.70. The van der Waals surface area contributed by atoms with E-state index in [1.807, 2.05) is 30.3 Å². The molecule has 7 heteroatoms. The van der Waals surface area contributed by atoms with E-state index >= 15 is 0 Å². The first-order valence-corrected chi connectivity index (χ1v) is 4.12. The van der Waals surface area contributed by atoms with Crippen LogP contribution in [-0.4, -0.2) is 11.9 Å². The minimum absolute atomic E-state index is 0. The van der Waals surface area contributed by atoms with Gasteiger partial charge in [-0.05, 0) is 5.56 Å². The van der Waals surface area contributed by atoms with Crippen LogP contribution in [0.4, 0.5) is 0 Å². The maximum Gasteiger partial charge on any atom is 0.218 e. The van der Waals surface area contributed by atoms with E-state index < -0.39 is 0 Å². The molecule has 0 radical (unpaired) electrons. The SMILES string of the molecule is Cl.Cl.NC(N)=NC(N)=NCc1ccccc1. The van der Waals surface area contributed by atoms with E-state index in [-0.39, 0.29) is 36.7 Å². The first kappa shape index (κ1) is 17.0. The Hall–Kier alpha value is -1.46. The molecule has 1 rings (SSSR count). The van der Waals surface area contributed by atoms with Crippen LogP contribution < -0.4 is 17.2 Å². The monoisotopic (exact) mass is 263 g/mol. The fraction of sp³-hybridized carbons (Fsp3) is 0.111. The smallest absolute Gasteiger partial charge is 0.218 e. The standard InChI is InChI=1S/C9H13N5.2ClH/c10-8(11)14-9(12)13-6-7-4-2-1-3-5-7;;/h1-5H,6H2,(H6,10,11,12,13,14);2*1H. The van der Waals surface area contributed by atoms with Gasteiger partial charge in [0.25, 0.3) is 0 Å². The summed E-state index contributed by atoms with van der Waals surface area (Å²) in [4.78, 5) is 7.57. The van der Waals surface area contributed by atoms with Crippen molar-refractivity contribution >= 4 is 36.7 Å². The van der Waals surface area contributed by atoms with Gasteiger partial charge < -0.3 is 17.2 Å². The molecule has 0 saturated heterocycles. The Labute approximate surface area is 107 Å². The van der Waals surface area contributed by atoms with Crippen LogP contribution >= 0.6 is 24.8 Å². The molecule has 1 aromatic carbocycles. The summed E-state index contributed by atoms with van der Waals surface area (Å²) in [6.45, 7) is 0.476. The highest BCUT2D eigenvalue weighted by molar-refractivity contribution is 5.92. The maximum absolute atomic E-state index is 5.42. The number of halogens is 2. The maximum atomic E-state index is 5.42. The van der Waals surface area contributed by atoms with Gasteiger partial charge in [0.15, 0.2) is 5.96 Å². The van der Waals surface area contributed by atoms with Gasteiger partial charge in [-0.1, -0.05) is 30.3 Å². The lowest BCUT2D eigenvalue weighted by Gasteiger charge is -1.96. The molecule has 0 saturated carbocycles. The van der Waals surface area contributed by atoms with Crippen LogP contribution in [0.2, 0.25) is 0 Å². The van der Waals surface area contributed by atoms with Crippen molar-refractivity contribution in [2.75, 3.05) is 0 Å². The lowest BCUT2D eigenvalue weighted by atomic mass is 10.2. The molecule has 16 heavy (non-hydrogen) atoms. The van der Waals surface area contributed by atoms with Crippen molar-refractivity contribution in [2.24, 2.45) is 27.2 Å². The van der Waals surface area contributed by atoms with Crippen LogP contribution in [-0.2, 0) is 6.54 Å². The second-order valence-corrected chi connectivity index (χ2v) is 2.70. The summed E-state index contributed by atoms with van der Waals surface area (Å²) < 4.78 is 0. The summed E-state index contributed by atoms with van der Waals surface area (Å²) in [6.07, 6.45) is 0. The molecule has 0 aromatic heterocycles. The number of rotatable bonds is 2. The molecule has 6 N–H and O–H groups in total. The average Bonchev–Trinajstić information content (AvgIpc) is 2.15. The lowest BCUT2D eigenvalue weighted by Crippen LogP contribution is -2.26. The van der Waals surface area contributed by atoms with Crippen LogP contribution in [0.1, 0.15) is 5.56 Å². The van der Waals surface area contributed by atoms with Crippen molar-refractivity contribution < 1.29 is 0 Å². The Morgan fingerprint density at radius 3 is 2.06 bits per heavy atom. The van der Waals surface area contributed by atoms with Crippen molar-refractivity contribution in [1.29, 1.82) is 0 Å². The summed E-state index contributed by atoms with van der Waals surface area (Å²) >= 11 is 0. The van der Waals surface area contributed by atoms with E-state index in [4.69, 9.17) is 17.2 Å². The van der Waals surface area contributed by atoms with Crippen LogP contribution in [0.5, 0.6) is 0 Å². The Morgan fingerprint density at radius 2 is 1.56 bits per heavy atom. The molecule has 0 unspecified atom stereocenters.